The standard InChI is InChI=1S/C30H30F5N9O/c1-17-13-43(27-24-28(44-16-37-40-29(44)39-27)41(15-36-24)14-21-4-3-11-45-21)18(2)12-42(17)25(19-5-7-20(31)8-6-19)23-10-9-22(32)26(38-23)30(33,34)35/h5-10,15-18,21,25H,3-4,11-14H2,1-2H3/t17-,18+,21+,25+/m1/s1. The van der Waals surface area contributed by atoms with Gasteiger partial charge in [0.1, 0.15) is 17.7 Å². The third-order valence-electron chi connectivity index (χ3n) is 8.65. The molecule has 15 heteroatoms. The van der Waals surface area contributed by atoms with Gasteiger partial charge < -0.3 is 14.2 Å². The SMILES string of the molecule is C[C@@H]1CN(c2nc3nncn3c3c2ncn3C[C@@H]2CCCO2)[C@@H](C)CN1[C@@H](c1ccc(F)cc1)c1ccc(F)c(C(F)(F)F)n1. The first kappa shape index (κ1) is 29.5. The van der Waals surface area contributed by atoms with Crippen molar-refractivity contribution >= 4 is 22.8 Å². The minimum atomic E-state index is -4.98. The zero-order valence-corrected chi connectivity index (χ0v) is 24.5. The Hall–Kier alpha value is -4.24. The van der Waals surface area contributed by atoms with Gasteiger partial charge in [-0.05, 0) is 56.5 Å². The molecule has 0 amide bonds. The van der Waals surface area contributed by atoms with Gasteiger partial charge in [-0.15, -0.1) is 10.2 Å². The van der Waals surface area contributed by atoms with E-state index in [1.165, 1.54) is 30.3 Å². The van der Waals surface area contributed by atoms with E-state index in [4.69, 9.17) is 14.7 Å². The van der Waals surface area contributed by atoms with Crippen molar-refractivity contribution in [2.75, 3.05) is 24.6 Å². The molecule has 5 aromatic rings. The van der Waals surface area contributed by atoms with E-state index in [0.29, 0.717) is 42.3 Å². The Morgan fingerprint density at radius 1 is 0.978 bits per heavy atom. The predicted octanol–water partition coefficient (Wildman–Crippen LogP) is 5.03. The van der Waals surface area contributed by atoms with Crippen LogP contribution in [0.1, 0.15) is 49.7 Å². The van der Waals surface area contributed by atoms with E-state index < -0.39 is 29.5 Å². The molecule has 1 aromatic carbocycles. The molecule has 2 aliphatic heterocycles. The maximum Gasteiger partial charge on any atom is 0.436 e. The largest absolute Gasteiger partial charge is 0.436 e. The number of anilines is 1. The first-order valence-electron chi connectivity index (χ1n) is 14.8. The van der Waals surface area contributed by atoms with E-state index in [1.807, 2.05) is 23.3 Å². The molecule has 0 unspecified atom stereocenters. The van der Waals surface area contributed by atoms with E-state index >= 15 is 0 Å². The molecule has 0 radical (unpaired) electrons. The fourth-order valence-corrected chi connectivity index (χ4v) is 6.52. The summed E-state index contributed by atoms with van der Waals surface area (Å²) in [5.74, 6) is -0.903. The highest BCUT2D eigenvalue weighted by atomic mass is 19.4. The second kappa shape index (κ2) is 11.3. The van der Waals surface area contributed by atoms with Crippen molar-refractivity contribution in [2.24, 2.45) is 0 Å². The second-order valence-electron chi connectivity index (χ2n) is 11.7. The van der Waals surface area contributed by atoms with Crippen LogP contribution in [-0.4, -0.2) is 76.9 Å². The van der Waals surface area contributed by atoms with Gasteiger partial charge in [0, 0.05) is 31.8 Å². The zero-order valence-electron chi connectivity index (χ0n) is 24.5. The number of halogens is 5. The lowest BCUT2D eigenvalue weighted by Gasteiger charge is -2.47. The van der Waals surface area contributed by atoms with Crippen LogP contribution in [-0.2, 0) is 17.5 Å². The molecule has 7 rings (SSSR count). The van der Waals surface area contributed by atoms with Crippen LogP contribution in [0.4, 0.5) is 27.8 Å². The maximum absolute atomic E-state index is 14.2. The number of hydrogen-bond acceptors (Lipinski definition) is 8. The molecular formula is C30H30F5N9O. The summed E-state index contributed by atoms with van der Waals surface area (Å²) in [5.41, 5.74) is 0.420. The number of hydrogen-bond donors (Lipinski definition) is 0. The van der Waals surface area contributed by atoms with E-state index in [1.54, 1.807) is 17.1 Å². The second-order valence-corrected chi connectivity index (χ2v) is 11.7. The van der Waals surface area contributed by atoms with Crippen molar-refractivity contribution < 1.29 is 26.7 Å². The number of rotatable bonds is 6. The van der Waals surface area contributed by atoms with Crippen molar-refractivity contribution in [3.8, 4) is 0 Å². The molecule has 45 heavy (non-hydrogen) atoms. The molecule has 0 saturated carbocycles. The smallest absolute Gasteiger partial charge is 0.376 e. The maximum atomic E-state index is 14.2. The van der Waals surface area contributed by atoms with Gasteiger partial charge in [0.15, 0.2) is 23.0 Å². The first-order chi connectivity index (χ1) is 21.6. The fourth-order valence-electron chi connectivity index (χ4n) is 6.52. The van der Waals surface area contributed by atoms with Gasteiger partial charge in [0.2, 0.25) is 0 Å². The number of alkyl halides is 3. The monoisotopic (exact) mass is 627 g/mol. The van der Waals surface area contributed by atoms with Crippen molar-refractivity contribution in [2.45, 2.75) is 63.6 Å². The van der Waals surface area contributed by atoms with Crippen LogP contribution < -0.4 is 4.90 Å². The Morgan fingerprint density at radius 3 is 2.51 bits per heavy atom. The lowest BCUT2D eigenvalue weighted by Crippen LogP contribution is -2.57. The number of aromatic nitrogens is 7. The fraction of sp³-hybridized carbons (Fsp3) is 0.433. The normalized spacial score (nSPS) is 22.1. The van der Waals surface area contributed by atoms with Gasteiger partial charge >= 0.3 is 6.18 Å². The van der Waals surface area contributed by atoms with Crippen LogP contribution in [0.5, 0.6) is 0 Å². The summed E-state index contributed by atoms with van der Waals surface area (Å²) in [4.78, 5) is 17.5. The number of fused-ring (bicyclic) bond motifs is 3. The molecule has 2 aliphatic rings. The molecule has 2 fully saturated rings. The molecule has 236 valence electrons. The van der Waals surface area contributed by atoms with Crippen LogP contribution in [0.25, 0.3) is 16.9 Å². The summed E-state index contributed by atoms with van der Waals surface area (Å²) in [5, 5.41) is 8.29. The van der Waals surface area contributed by atoms with Crippen molar-refractivity contribution in [3.05, 3.63) is 77.6 Å². The van der Waals surface area contributed by atoms with Crippen LogP contribution in [0.3, 0.4) is 0 Å². The number of ether oxygens (including phenoxy) is 1. The number of piperazine rings is 1. The summed E-state index contributed by atoms with van der Waals surface area (Å²) in [6.45, 7) is 6.10. The molecule has 4 atom stereocenters. The summed E-state index contributed by atoms with van der Waals surface area (Å²) >= 11 is 0. The summed E-state index contributed by atoms with van der Waals surface area (Å²) in [6, 6.07) is 6.34. The number of pyridine rings is 1. The van der Waals surface area contributed by atoms with Crippen LogP contribution in [0.15, 0.2) is 49.1 Å². The molecule has 0 spiro atoms. The number of imidazole rings is 1. The molecule has 10 nitrogen and oxygen atoms in total. The van der Waals surface area contributed by atoms with Crippen LogP contribution in [0, 0.1) is 11.6 Å². The van der Waals surface area contributed by atoms with E-state index in [-0.39, 0.29) is 23.9 Å². The van der Waals surface area contributed by atoms with Gasteiger partial charge in [0.25, 0.3) is 5.78 Å². The van der Waals surface area contributed by atoms with Gasteiger partial charge in [-0.2, -0.15) is 18.2 Å². The minimum absolute atomic E-state index is 0.0149. The van der Waals surface area contributed by atoms with Gasteiger partial charge in [-0.1, -0.05) is 12.1 Å². The predicted molar refractivity (Wildman–Crippen MR) is 153 cm³/mol. The van der Waals surface area contributed by atoms with E-state index in [2.05, 4.69) is 20.1 Å². The molecular weight excluding hydrogens is 597 g/mol. The summed E-state index contributed by atoms with van der Waals surface area (Å²) in [7, 11) is 0. The Balaban J connectivity index is 1.26. The Morgan fingerprint density at radius 2 is 1.78 bits per heavy atom. The lowest BCUT2D eigenvalue weighted by molar-refractivity contribution is -0.143. The van der Waals surface area contributed by atoms with E-state index in [9.17, 15) is 22.0 Å². The average molecular weight is 628 g/mol. The molecule has 0 bridgehead atoms. The molecule has 2 saturated heterocycles. The molecule has 6 heterocycles. The van der Waals surface area contributed by atoms with E-state index in [0.717, 1.165) is 31.2 Å². The Kier molecular flexibility index (Phi) is 7.39. The van der Waals surface area contributed by atoms with Crippen molar-refractivity contribution in [1.29, 1.82) is 0 Å². The third-order valence-corrected chi connectivity index (χ3v) is 8.65. The van der Waals surface area contributed by atoms with Crippen molar-refractivity contribution in [3.63, 3.8) is 0 Å². The highest BCUT2D eigenvalue weighted by Gasteiger charge is 2.40. The van der Waals surface area contributed by atoms with Gasteiger partial charge in [0.05, 0.1) is 30.7 Å². The first-order valence-corrected chi connectivity index (χ1v) is 14.8. The molecule has 4 aromatic heterocycles. The Bertz CT molecular complexity index is 1830. The topological polar surface area (TPSA) is 89.5 Å². The summed E-state index contributed by atoms with van der Waals surface area (Å²) in [6.07, 6.45) is 0.441. The van der Waals surface area contributed by atoms with Crippen LogP contribution in [0.2, 0.25) is 0 Å². The van der Waals surface area contributed by atoms with Gasteiger partial charge in [-0.25, -0.2) is 23.1 Å². The number of benzene rings is 1. The van der Waals surface area contributed by atoms with Crippen molar-refractivity contribution in [1.82, 2.24) is 39.0 Å². The average Bonchev–Trinajstić information content (AvgIpc) is 3.77. The lowest BCUT2D eigenvalue weighted by atomic mass is 9.96. The highest BCUT2D eigenvalue weighted by Crippen LogP contribution is 2.37. The molecule has 0 aliphatic carbocycles. The van der Waals surface area contributed by atoms with Gasteiger partial charge in [-0.3, -0.25) is 4.90 Å². The highest BCUT2D eigenvalue weighted by molar-refractivity contribution is 5.86. The Labute approximate surface area is 254 Å². The minimum Gasteiger partial charge on any atom is -0.376 e. The summed E-state index contributed by atoms with van der Waals surface area (Å²) < 4.78 is 78.9. The zero-order chi connectivity index (χ0) is 31.5. The third kappa shape index (κ3) is 5.37. The number of nitrogens with zero attached hydrogens (tertiary/aromatic N) is 9. The molecule has 0 N–H and O–H groups in total. The van der Waals surface area contributed by atoms with Crippen LogP contribution >= 0.6 is 0 Å². The quantitative estimate of drug-likeness (QED) is 0.242.